The van der Waals surface area contributed by atoms with E-state index in [1.807, 2.05) is 49.9 Å². The second-order valence-corrected chi connectivity index (χ2v) is 4.28. The molecule has 0 aromatic heterocycles. The van der Waals surface area contributed by atoms with Crippen LogP contribution in [0.2, 0.25) is 0 Å². The maximum absolute atomic E-state index is 12.1. The van der Waals surface area contributed by atoms with Crippen molar-refractivity contribution in [2.45, 2.75) is 32.7 Å². The molecule has 1 aromatic rings. The lowest BCUT2D eigenvalue weighted by Gasteiger charge is -2.25. The lowest BCUT2D eigenvalue weighted by molar-refractivity contribution is 0.0717. The zero-order valence-corrected chi connectivity index (χ0v) is 10.8. The van der Waals surface area contributed by atoms with E-state index in [9.17, 15) is 4.79 Å². The predicted molar refractivity (Wildman–Crippen MR) is 67.8 cm³/mol. The summed E-state index contributed by atoms with van der Waals surface area (Å²) in [5.41, 5.74) is 1.76. The Morgan fingerprint density at radius 3 is 2.25 bits per heavy atom. The van der Waals surface area contributed by atoms with E-state index in [1.54, 1.807) is 0 Å². The highest BCUT2D eigenvalue weighted by atomic mass is 35.5. The van der Waals surface area contributed by atoms with Gasteiger partial charge in [0.1, 0.15) is 0 Å². The van der Waals surface area contributed by atoms with Crippen molar-refractivity contribution in [2.75, 3.05) is 6.54 Å². The van der Waals surface area contributed by atoms with E-state index < -0.39 is 0 Å². The molecule has 0 saturated heterocycles. The molecule has 0 N–H and O–H groups in total. The molecule has 16 heavy (non-hydrogen) atoms. The van der Waals surface area contributed by atoms with E-state index in [0.29, 0.717) is 5.88 Å². The van der Waals surface area contributed by atoms with Gasteiger partial charge in [-0.3, -0.25) is 4.79 Å². The van der Waals surface area contributed by atoms with Gasteiger partial charge in [0.2, 0.25) is 0 Å². The Hall–Kier alpha value is -1.02. The summed E-state index contributed by atoms with van der Waals surface area (Å²) in [6.45, 7) is 6.77. The minimum atomic E-state index is 0.0821. The van der Waals surface area contributed by atoms with Crippen molar-refractivity contribution in [3.63, 3.8) is 0 Å². The van der Waals surface area contributed by atoms with Crippen LogP contribution in [0, 0.1) is 0 Å². The van der Waals surface area contributed by atoms with E-state index in [4.69, 9.17) is 11.6 Å². The largest absolute Gasteiger partial charge is 0.337 e. The zero-order valence-electron chi connectivity index (χ0n) is 10.0. The van der Waals surface area contributed by atoms with Gasteiger partial charge in [-0.05, 0) is 38.5 Å². The van der Waals surface area contributed by atoms with Crippen molar-refractivity contribution in [1.82, 2.24) is 4.90 Å². The standard InChI is InChI=1S/C13H18ClNO/c1-4-15(10(2)3)13(16)12-7-5-11(9-14)6-8-12/h5-8,10H,4,9H2,1-3H3. The van der Waals surface area contributed by atoms with Crippen molar-refractivity contribution < 1.29 is 4.79 Å². The van der Waals surface area contributed by atoms with Gasteiger partial charge in [-0.25, -0.2) is 0 Å². The summed E-state index contributed by atoms with van der Waals surface area (Å²) in [7, 11) is 0. The first-order valence-electron chi connectivity index (χ1n) is 5.56. The van der Waals surface area contributed by atoms with Crippen LogP contribution >= 0.6 is 11.6 Å². The van der Waals surface area contributed by atoms with E-state index in [1.165, 1.54) is 0 Å². The summed E-state index contributed by atoms with van der Waals surface area (Å²) < 4.78 is 0. The molecule has 0 unspecified atom stereocenters. The Kier molecular flexibility index (Phi) is 4.81. The molecule has 88 valence electrons. The number of hydrogen-bond donors (Lipinski definition) is 0. The van der Waals surface area contributed by atoms with Crippen molar-refractivity contribution in [3.8, 4) is 0 Å². The molecule has 0 radical (unpaired) electrons. The van der Waals surface area contributed by atoms with Gasteiger partial charge in [-0.1, -0.05) is 12.1 Å². The molecule has 1 aromatic carbocycles. The Morgan fingerprint density at radius 2 is 1.88 bits per heavy atom. The van der Waals surface area contributed by atoms with Gasteiger partial charge in [-0.2, -0.15) is 0 Å². The molecule has 3 heteroatoms. The van der Waals surface area contributed by atoms with Crippen LogP contribution in [0.3, 0.4) is 0 Å². The van der Waals surface area contributed by atoms with Gasteiger partial charge in [0.05, 0.1) is 0 Å². The maximum Gasteiger partial charge on any atom is 0.254 e. The zero-order chi connectivity index (χ0) is 12.1. The van der Waals surface area contributed by atoms with E-state index >= 15 is 0 Å². The first-order valence-corrected chi connectivity index (χ1v) is 6.09. The van der Waals surface area contributed by atoms with Gasteiger partial charge in [-0.15, -0.1) is 11.6 Å². The summed E-state index contributed by atoms with van der Waals surface area (Å²) >= 11 is 5.70. The number of carbonyl (C=O) groups is 1. The molecule has 0 spiro atoms. The number of carbonyl (C=O) groups excluding carboxylic acids is 1. The van der Waals surface area contributed by atoms with E-state index in [2.05, 4.69) is 0 Å². The highest BCUT2D eigenvalue weighted by molar-refractivity contribution is 6.17. The highest BCUT2D eigenvalue weighted by Gasteiger charge is 2.16. The van der Waals surface area contributed by atoms with Crippen molar-refractivity contribution in [1.29, 1.82) is 0 Å². The number of amides is 1. The summed E-state index contributed by atoms with van der Waals surface area (Å²) in [4.78, 5) is 14.0. The third-order valence-corrected chi connectivity index (χ3v) is 2.89. The molecule has 0 fully saturated rings. The fraction of sp³-hybridized carbons (Fsp3) is 0.462. The summed E-state index contributed by atoms with van der Waals surface area (Å²) in [5, 5.41) is 0. The first-order chi connectivity index (χ1) is 7.60. The van der Waals surface area contributed by atoms with Gasteiger partial charge in [0.15, 0.2) is 0 Å². The number of halogens is 1. The van der Waals surface area contributed by atoms with Crippen LogP contribution in [0.15, 0.2) is 24.3 Å². The number of rotatable bonds is 4. The van der Waals surface area contributed by atoms with E-state index in [-0.39, 0.29) is 11.9 Å². The number of alkyl halides is 1. The number of benzene rings is 1. The van der Waals surface area contributed by atoms with Crippen LogP contribution in [0.5, 0.6) is 0 Å². The number of nitrogens with zero attached hydrogens (tertiary/aromatic N) is 1. The minimum Gasteiger partial charge on any atom is -0.337 e. The summed E-state index contributed by atoms with van der Waals surface area (Å²) in [5.74, 6) is 0.564. The van der Waals surface area contributed by atoms with E-state index in [0.717, 1.165) is 17.7 Å². The summed E-state index contributed by atoms with van der Waals surface area (Å²) in [6.07, 6.45) is 0. The second kappa shape index (κ2) is 5.90. The fourth-order valence-corrected chi connectivity index (χ4v) is 1.82. The molecule has 0 atom stereocenters. The third-order valence-electron chi connectivity index (χ3n) is 2.58. The van der Waals surface area contributed by atoms with Crippen LogP contribution in [0.1, 0.15) is 36.7 Å². The normalized spacial score (nSPS) is 10.6. The molecule has 0 heterocycles. The molecule has 0 aliphatic rings. The van der Waals surface area contributed by atoms with Crippen LogP contribution in [0.4, 0.5) is 0 Å². The quantitative estimate of drug-likeness (QED) is 0.739. The Balaban J connectivity index is 2.86. The molecular weight excluding hydrogens is 222 g/mol. The predicted octanol–water partition coefficient (Wildman–Crippen LogP) is 3.30. The average molecular weight is 240 g/mol. The fourth-order valence-electron chi connectivity index (χ4n) is 1.65. The van der Waals surface area contributed by atoms with Gasteiger partial charge in [0, 0.05) is 24.0 Å². The Labute approximate surface area is 102 Å². The van der Waals surface area contributed by atoms with Crippen molar-refractivity contribution in [2.24, 2.45) is 0 Å². The molecule has 1 amide bonds. The third kappa shape index (κ3) is 2.99. The molecule has 1 rings (SSSR count). The smallest absolute Gasteiger partial charge is 0.254 e. The minimum absolute atomic E-state index is 0.0821. The molecule has 0 aliphatic carbocycles. The summed E-state index contributed by atoms with van der Waals surface area (Å²) in [6, 6.07) is 7.70. The molecule has 0 bridgehead atoms. The van der Waals surface area contributed by atoms with Crippen LogP contribution < -0.4 is 0 Å². The molecule has 0 aliphatic heterocycles. The van der Waals surface area contributed by atoms with Gasteiger partial charge >= 0.3 is 0 Å². The van der Waals surface area contributed by atoms with Gasteiger partial charge < -0.3 is 4.90 Å². The first kappa shape index (κ1) is 13.0. The van der Waals surface area contributed by atoms with Gasteiger partial charge in [0.25, 0.3) is 5.91 Å². The van der Waals surface area contributed by atoms with Crippen LogP contribution in [-0.2, 0) is 5.88 Å². The SMILES string of the molecule is CCN(C(=O)c1ccc(CCl)cc1)C(C)C. The highest BCUT2D eigenvalue weighted by Crippen LogP contribution is 2.11. The van der Waals surface area contributed by atoms with Crippen molar-refractivity contribution in [3.05, 3.63) is 35.4 Å². The molecular formula is C13H18ClNO. The Morgan fingerprint density at radius 1 is 1.31 bits per heavy atom. The number of hydrogen-bond acceptors (Lipinski definition) is 1. The van der Waals surface area contributed by atoms with Crippen LogP contribution in [0.25, 0.3) is 0 Å². The van der Waals surface area contributed by atoms with Crippen molar-refractivity contribution >= 4 is 17.5 Å². The van der Waals surface area contributed by atoms with Crippen LogP contribution in [-0.4, -0.2) is 23.4 Å². The monoisotopic (exact) mass is 239 g/mol. The molecule has 2 nitrogen and oxygen atoms in total. The lowest BCUT2D eigenvalue weighted by Crippen LogP contribution is -2.36. The Bertz CT molecular complexity index is 345. The average Bonchev–Trinajstić information content (AvgIpc) is 2.29. The second-order valence-electron chi connectivity index (χ2n) is 4.02. The maximum atomic E-state index is 12.1. The topological polar surface area (TPSA) is 20.3 Å². The molecule has 0 saturated carbocycles. The lowest BCUT2D eigenvalue weighted by atomic mass is 10.1.